The summed E-state index contributed by atoms with van der Waals surface area (Å²) in [6, 6.07) is 7.28. The van der Waals surface area contributed by atoms with Crippen LogP contribution >= 0.6 is 0 Å². The summed E-state index contributed by atoms with van der Waals surface area (Å²) in [6.45, 7) is 5.44. The molecule has 1 atom stereocenters. The number of hydrogen-bond acceptors (Lipinski definition) is 3. The molecule has 1 aromatic carbocycles. The zero-order valence-corrected chi connectivity index (χ0v) is 10.9. The number of carbonyl (C=O) groups is 1. The van der Waals surface area contributed by atoms with Crippen molar-refractivity contribution in [2.75, 3.05) is 0 Å². The number of nitrogens with zero attached hydrogens (tertiary/aromatic N) is 1. The molecular weight excluding hydrogens is 230 g/mol. The molecule has 18 heavy (non-hydrogen) atoms. The number of hydrogen-bond donors (Lipinski definition) is 3. The van der Waals surface area contributed by atoms with Crippen molar-refractivity contribution < 1.29 is 10.0 Å². The Hall–Kier alpha value is -2.04. The van der Waals surface area contributed by atoms with E-state index in [0.29, 0.717) is 12.0 Å². The zero-order chi connectivity index (χ0) is 13.8. The lowest BCUT2D eigenvalue weighted by atomic mass is 9.96. The lowest BCUT2D eigenvalue weighted by Gasteiger charge is -2.28. The smallest absolute Gasteiger partial charge is 0.252 e. The molecule has 0 saturated heterocycles. The van der Waals surface area contributed by atoms with Crippen LogP contribution in [0.4, 0.5) is 0 Å². The van der Waals surface area contributed by atoms with E-state index in [9.17, 15) is 4.79 Å². The van der Waals surface area contributed by atoms with E-state index in [4.69, 9.17) is 10.9 Å². The second kappa shape index (κ2) is 5.53. The highest BCUT2D eigenvalue weighted by molar-refractivity contribution is 6.00. The van der Waals surface area contributed by atoms with Crippen LogP contribution in [0.2, 0.25) is 0 Å². The Kier molecular flexibility index (Phi) is 4.31. The normalized spacial score (nSPS) is 14.9. The van der Waals surface area contributed by atoms with E-state index in [1.165, 1.54) is 0 Å². The first kappa shape index (κ1) is 14.0. The Morgan fingerprint density at radius 3 is 2.61 bits per heavy atom. The van der Waals surface area contributed by atoms with Gasteiger partial charge in [0.15, 0.2) is 5.84 Å². The van der Waals surface area contributed by atoms with Gasteiger partial charge in [-0.2, -0.15) is 0 Å². The van der Waals surface area contributed by atoms with E-state index in [0.717, 1.165) is 5.56 Å². The third-order valence-electron chi connectivity index (χ3n) is 3.16. The maximum absolute atomic E-state index is 12.2. The number of oxime groups is 1. The number of amides is 1. The Bertz CT molecular complexity index is 471. The van der Waals surface area contributed by atoms with Crippen molar-refractivity contribution in [1.82, 2.24) is 5.32 Å². The second-order valence-corrected chi connectivity index (χ2v) is 4.44. The van der Waals surface area contributed by atoms with Gasteiger partial charge >= 0.3 is 0 Å². The van der Waals surface area contributed by atoms with Crippen LogP contribution in [0.1, 0.15) is 36.2 Å². The fourth-order valence-electron chi connectivity index (χ4n) is 1.59. The van der Waals surface area contributed by atoms with Crippen LogP contribution in [-0.4, -0.2) is 22.5 Å². The molecule has 0 saturated carbocycles. The molecule has 0 aliphatic carbocycles. The molecule has 5 heteroatoms. The first-order chi connectivity index (χ1) is 8.44. The number of nitrogens with one attached hydrogen (secondary N) is 1. The monoisotopic (exact) mass is 249 g/mol. The first-order valence-electron chi connectivity index (χ1n) is 5.80. The van der Waals surface area contributed by atoms with E-state index in [-0.39, 0.29) is 11.7 Å². The van der Waals surface area contributed by atoms with Gasteiger partial charge in [-0.3, -0.25) is 4.79 Å². The van der Waals surface area contributed by atoms with Crippen LogP contribution in [0.5, 0.6) is 0 Å². The quantitative estimate of drug-likeness (QED) is 0.328. The summed E-state index contributed by atoms with van der Waals surface area (Å²) >= 11 is 0. The summed E-state index contributed by atoms with van der Waals surface area (Å²) in [4.78, 5) is 12.2. The van der Waals surface area contributed by atoms with Crippen LogP contribution < -0.4 is 11.1 Å². The van der Waals surface area contributed by atoms with Gasteiger partial charge in [0.25, 0.3) is 5.91 Å². The van der Waals surface area contributed by atoms with Crippen molar-refractivity contribution in [3.05, 3.63) is 35.4 Å². The summed E-state index contributed by atoms with van der Waals surface area (Å²) < 4.78 is 0. The van der Waals surface area contributed by atoms with Gasteiger partial charge < -0.3 is 16.3 Å². The molecule has 1 rings (SSSR count). The van der Waals surface area contributed by atoms with Gasteiger partial charge in [-0.25, -0.2) is 0 Å². The minimum absolute atomic E-state index is 0.00747. The summed E-state index contributed by atoms with van der Waals surface area (Å²) in [6.07, 6.45) is 0.528. The van der Waals surface area contributed by atoms with Crippen molar-refractivity contribution in [1.29, 1.82) is 0 Å². The Balaban J connectivity index is 2.97. The van der Waals surface area contributed by atoms with Crippen LogP contribution in [0, 0.1) is 6.92 Å². The fraction of sp³-hybridized carbons (Fsp3) is 0.385. The molecule has 0 heterocycles. The van der Waals surface area contributed by atoms with Crippen molar-refractivity contribution in [2.24, 2.45) is 10.9 Å². The maximum Gasteiger partial charge on any atom is 0.252 e. The average Bonchev–Trinajstić information content (AvgIpc) is 2.37. The molecule has 0 fully saturated rings. The van der Waals surface area contributed by atoms with E-state index >= 15 is 0 Å². The molecule has 1 unspecified atom stereocenters. The molecule has 1 aromatic rings. The average molecular weight is 249 g/mol. The molecule has 0 aromatic heterocycles. The molecule has 4 N–H and O–H groups in total. The summed E-state index contributed by atoms with van der Waals surface area (Å²) in [5.41, 5.74) is 6.23. The second-order valence-electron chi connectivity index (χ2n) is 4.44. The minimum atomic E-state index is -0.853. The Morgan fingerprint density at radius 1 is 1.50 bits per heavy atom. The van der Waals surface area contributed by atoms with Crippen LogP contribution in [0.25, 0.3) is 0 Å². The summed E-state index contributed by atoms with van der Waals surface area (Å²) in [5.74, 6) is -0.240. The SMILES string of the molecule is CCC(C)(NC(=O)c1ccccc1C)/C(N)=N/O. The van der Waals surface area contributed by atoms with Gasteiger partial charge in [0.05, 0.1) is 5.54 Å². The number of aryl methyl sites for hydroxylation is 1. The van der Waals surface area contributed by atoms with Gasteiger partial charge in [-0.05, 0) is 31.9 Å². The minimum Gasteiger partial charge on any atom is -0.409 e. The van der Waals surface area contributed by atoms with E-state index < -0.39 is 5.54 Å². The highest BCUT2D eigenvalue weighted by Gasteiger charge is 2.30. The molecule has 5 nitrogen and oxygen atoms in total. The standard InChI is InChI=1S/C13H19N3O2/c1-4-13(3,12(14)16-18)15-11(17)10-8-6-5-7-9(10)2/h5-8,18H,4H2,1-3H3,(H2,14,16)(H,15,17). The predicted octanol–water partition coefficient (Wildman–Crippen LogP) is 1.64. The van der Waals surface area contributed by atoms with E-state index in [1.807, 2.05) is 26.0 Å². The number of rotatable bonds is 4. The third kappa shape index (κ3) is 2.80. The highest BCUT2D eigenvalue weighted by atomic mass is 16.4. The van der Waals surface area contributed by atoms with Crippen molar-refractivity contribution in [3.63, 3.8) is 0 Å². The molecule has 1 amide bonds. The highest BCUT2D eigenvalue weighted by Crippen LogP contribution is 2.13. The largest absolute Gasteiger partial charge is 0.409 e. The summed E-state index contributed by atoms with van der Waals surface area (Å²) in [5, 5.41) is 14.5. The van der Waals surface area contributed by atoms with Crippen molar-refractivity contribution in [3.8, 4) is 0 Å². The number of amidine groups is 1. The van der Waals surface area contributed by atoms with Gasteiger partial charge in [-0.15, -0.1) is 0 Å². The predicted molar refractivity (Wildman–Crippen MR) is 70.8 cm³/mol. The third-order valence-corrected chi connectivity index (χ3v) is 3.16. The molecule has 0 aliphatic heterocycles. The summed E-state index contributed by atoms with van der Waals surface area (Å²) in [7, 11) is 0. The fourth-order valence-corrected chi connectivity index (χ4v) is 1.59. The lowest BCUT2D eigenvalue weighted by molar-refractivity contribution is 0.0924. The van der Waals surface area contributed by atoms with E-state index in [2.05, 4.69) is 10.5 Å². The van der Waals surface area contributed by atoms with Gasteiger partial charge in [-0.1, -0.05) is 30.3 Å². The maximum atomic E-state index is 12.2. The van der Waals surface area contributed by atoms with Gasteiger partial charge in [0.1, 0.15) is 0 Å². The van der Waals surface area contributed by atoms with Crippen LogP contribution in [0.3, 0.4) is 0 Å². The Labute approximate surface area is 107 Å². The number of nitrogens with two attached hydrogens (primary N) is 1. The first-order valence-corrected chi connectivity index (χ1v) is 5.80. The Morgan fingerprint density at radius 2 is 2.11 bits per heavy atom. The van der Waals surface area contributed by atoms with Crippen molar-refractivity contribution >= 4 is 11.7 Å². The van der Waals surface area contributed by atoms with Gasteiger partial charge in [0.2, 0.25) is 0 Å². The van der Waals surface area contributed by atoms with Crippen molar-refractivity contribution in [2.45, 2.75) is 32.7 Å². The molecule has 0 spiro atoms. The number of carbonyl (C=O) groups excluding carboxylic acids is 1. The molecule has 98 valence electrons. The topological polar surface area (TPSA) is 87.7 Å². The molecular formula is C13H19N3O2. The molecule has 0 aliphatic rings. The van der Waals surface area contributed by atoms with Gasteiger partial charge in [0, 0.05) is 5.56 Å². The van der Waals surface area contributed by atoms with Crippen LogP contribution in [0.15, 0.2) is 29.4 Å². The number of benzene rings is 1. The van der Waals surface area contributed by atoms with E-state index in [1.54, 1.807) is 19.1 Å². The zero-order valence-electron chi connectivity index (χ0n) is 10.9. The molecule has 0 bridgehead atoms. The van der Waals surface area contributed by atoms with Crippen LogP contribution in [-0.2, 0) is 0 Å². The molecule has 0 radical (unpaired) electrons. The lowest BCUT2D eigenvalue weighted by Crippen LogP contribution is -2.55.